The minimum Gasteiger partial charge on any atom is -0.354 e. The van der Waals surface area contributed by atoms with E-state index in [2.05, 4.69) is 5.32 Å². The zero-order chi connectivity index (χ0) is 19.9. The van der Waals surface area contributed by atoms with Crippen LogP contribution in [0, 0.1) is 0 Å². The van der Waals surface area contributed by atoms with E-state index in [4.69, 9.17) is 11.6 Å². The van der Waals surface area contributed by atoms with E-state index >= 15 is 0 Å². The van der Waals surface area contributed by atoms with Crippen molar-refractivity contribution >= 4 is 23.3 Å². The quantitative estimate of drug-likeness (QED) is 0.494. The van der Waals surface area contributed by atoms with E-state index < -0.39 is 23.3 Å². The van der Waals surface area contributed by atoms with Gasteiger partial charge in [0.1, 0.15) is 0 Å². The maximum atomic E-state index is 13.0. The lowest BCUT2D eigenvalue weighted by Crippen LogP contribution is -2.41. The van der Waals surface area contributed by atoms with E-state index in [0.717, 1.165) is 10.1 Å². The number of carbonyl (C=O) groups excluding carboxylic acids is 2. The maximum absolute atomic E-state index is 13.0. The lowest BCUT2D eigenvalue weighted by Gasteiger charge is -2.19. The van der Waals surface area contributed by atoms with E-state index in [-0.39, 0.29) is 5.02 Å². The first-order valence-corrected chi connectivity index (χ1v) is 9.22. The molecule has 1 unspecified atom stereocenters. The van der Waals surface area contributed by atoms with Crippen LogP contribution in [0.5, 0.6) is 0 Å². The minimum atomic E-state index is -1.33. The third kappa shape index (κ3) is 4.75. The van der Waals surface area contributed by atoms with Gasteiger partial charge < -0.3 is 5.32 Å². The molecule has 6 heteroatoms. The number of halogens is 1. The van der Waals surface area contributed by atoms with Gasteiger partial charge in [0, 0.05) is 24.4 Å². The first kappa shape index (κ1) is 19.6. The van der Waals surface area contributed by atoms with Crippen molar-refractivity contribution in [1.82, 2.24) is 9.88 Å². The molecule has 0 bridgehead atoms. The van der Waals surface area contributed by atoms with Crippen LogP contribution in [-0.4, -0.2) is 22.8 Å². The molecule has 142 valence electrons. The number of pyridine rings is 1. The molecule has 3 rings (SSSR count). The van der Waals surface area contributed by atoms with E-state index in [1.807, 2.05) is 30.3 Å². The predicted octanol–water partition coefficient (Wildman–Crippen LogP) is 3.28. The van der Waals surface area contributed by atoms with E-state index in [9.17, 15) is 14.4 Å². The molecule has 1 N–H and O–H groups in total. The van der Waals surface area contributed by atoms with Crippen molar-refractivity contribution in [3.63, 3.8) is 0 Å². The van der Waals surface area contributed by atoms with Crippen molar-refractivity contribution in [2.24, 2.45) is 0 Å². The lowest BCUT2D eigenvalue weighted by molar-refractivity contribution is -0.123. The van der Waals surface area contributed by atoms with Gasteiger partial charge in [0.15, 0.2) is 11.8 Å². The second-order valence-electron chi connectivity index (χ2n) is 6.25. The number of nitrogens with one attached hydrogen (secondary N) is 1. The summed E-state index contributed by atoms with van der Waals surface area (Å²) >= 11 is 6.00. The van der Waals surface area contributed by atoms with Crippen LogP contribution >= 0.6 is 11.6 Å². The number of nitrogens with zero attached hydrogens (tertiary/aromatic N) is 1. The Bertz CT molecular complexity index is 1020. The van der Waals surface area contributed by atoms with Crippen LogP contribution in [0.2, 0.25) is 5.02 Å². The highest BCUT2D eigenvalue weighted by Gasteiger charge is 2.30. The number of amides is 1. The van der Waals surface area contributed by atoms with Gasteiger partial charge in [-0.3, -0.25) is 19.0 Å². The van der Waals surface area contributed by atoms with Crippen molar-refractivity contribution in [2.45, 2.75) is 12.5 Å². The predicted molar refractivity (Wildman–Crippen MR) is 109 cm³/mol. The molecule has 0 saturated carbocycles. The molecular weight excluding hydrogens is 376 g/mol. The zero-order valence-electron chi connectivity index (χ0n) is 15.0. The number of hydrogen-bond acceptors (Lipinski definition) is 3. The molecular formula is C22H19ClN2O3. The van der Waals surface area contributed by atoms with Gasteiger partial charge in [-0.2, -0.15) is 0 Å². The van der Waals surface area contributed by atoms with Gasteiger partial charge in [-0.15, -0.1) is 0 Å². The number of hydrogen-bond donors (Lipinski definition) is 1. The van der Waals surface area contributed by atoms with Crippen LogP contribution in [0.25, 0.3) is 0 Å². The Labute approximate surface area is 167 Å². The van der Waals surface area contributed by atoms with Crippen molar-refractivity contribution < 1.29 is 9.59 Å². The Morgan fingerprint density at radius 2 is 1.57 bits per heavy atom. The topological polar surface area (TPSA) is 68.2 Å². The molecule has 0 aliphatic carbocycles. The number of Topliss-reactive ketones (excluding diaryl/α,β-unsaturated/α-hetero) is 1. The summed E-state index contributed by atoms with van der Waals surface area (Å²) in [5.74, 6) is -1.02. The first-order chi connectivity index (χ1) is 13.6. The van der Waals surface area contributed by atoms with Gasteiger partial charge in [0.2, 0.25) is 0 Å². The summed E-state index contributed by atoms with van der Waals surface area (Å²) in [5.41, 5.74) is 0.933. The summed E-state index contributed by atoms with van der Waals surface area (Å²) in [7, 11) is 0. The lowest BCUT2D eigenvalue weighted by atomic mass is 10.0. The molecule has 1 amide bonds. The molecule has 0 aliphatic heterocycles. The van der Waals surface area contributed by atoms with E-state index in [1.165, 1.54) is 18.3 Å². The van der Waals surface area contributed by atoms with Gasteiger partial charge in [-0.1, -0.05) is 72.3 Å². The molecule has 1 aromatic heterocycles. The Hall–Kier alpha value is -3.18. The Balaban J connectivity index is 1.85. The van der Waals surface area contributed by atoms with Crippen LogP contribution in [0.3, 0.4) is 0 Å². The summed E-state index contributed by atoms with van der Waals surface area (Å²) in [6.45, 7) is 0.344. The second-order valence-corrected chi connectivity index (χ2v) is 6.69. The van der Waals surface area contributed by atoms with Gasteiger partial charge in [0.25, 0.3) is 11.5 Å². The molecule has 0 spiro atoms. The Morgan fingerprint density at radius 1 is 0.929 bits per heavy atom. The van der Waals surface area contributed by atoms with Crippen molar-refractivity contribution in [2.75, 3.05) is 6.54 Å². The van der Waals surface area contributed by atoms with Gasteiger partial charge in [0.05, 0.1) is 5.02 Å². The van der Waals surface area contributed by atoms with Crippen LogP contribution < -0.4 is 10.9 Å². The molecule has 1 atom stereocenters. The Kier molecular flexibility index (Phi) is 6.40. The van der Waals surface area contributed by atoms with Crippen molar-refractivity contribution in [1.29, 1.82) is 0 Å². The maximum Gasteiger partial charge on any atom is 0.251 e. The summed E-state index contributed by atoms with van der Waals surface area (Å²) < 4.78 is 1.08. The average Bonchev–Trinajstić information content (AvgIpc) is 2.72. The summed E-state index contributed by atoms with van der Waals surface area (Å²) in [5, 5.41) is 3.03. The molecule has 1 heterocycles. The standard InChI is InChI=1S/C22H19ClN2O3/c23-18-11-12-19(26)25(15-18)20(21(27)17-9-5-2-6-10-17)22(28)24-14-13-16-7-3-1-4-8-16/h1-12,15,20H,13-14H2,(H,24,28). The number of aromatic nitrogens is 1. The molecule has 0 fully saturated rings. The normalized spacial score (nSPS) is 11.6. The largest absolute Gasteiger partial charge is 0.354 e. The number of rotatable bonds is 7. The van der Waals surface area contributed by atoms with Gasteiger partial charge in [-0.05, 0) is 18.1 Å². The fourth-order valence-corrected chi connectivity index (χ4v) is 3.05. The first-order valence-electron chi connectivity index (χ1n) is 8.85. The monoisotopic (exact) mass is 394 g/mol. The minimum absolute atomic E-state index is 0.266. The average molecular weight is 395 g/mol. The molecule has 0 radical (unpaired) electrons. The molecule has 2 aromatic carbocycles. The summed E-state index contributed by atoms with van der Waals surface area (Å²) in [6, 6.07) is 19.4. The number of carbonyl (C=O) groups is 2. The molecule has 0 aliphatic rings. The molecule has 0 saturated heterocycles. The molecule has 3 aromatic rings. The van der Waals surface area contributed by atoms with Gasteiger partial charge >= 0.3 is 0 Å². The fraction of sp³-hybridized carbons (Fsp3) is 0.136. The van der Waals surface area contributed by atoms with Crippen LogP contribution in [0.15, 0.2) is 83.8 Å². The number of ketones is 1. The van der Waals surface area contributed by atoms with Crippen LogP contribution in [0.4, 0.5) is 0 Å². The van der Waals surface area contributed by atoms with Crippen LogP contribution in [0.1, 0.15) is 22.0 Å². The third-order valence-corrected chi connectivity index (χ3v) is 4.51. The zero-order valence-corrected chi connectivity index (χ0v) is 15.8. The van der Waals surface area contributed by atoms with E-state index in [1.54, 1.807) is 30.3 Å². The van der Waals surface area contributed by atoms with Crippen molar-refractivity contribution in [3.05, 3.63) is 105 Å². The second kappa shape index (κ2) is 9.15. The highest BCUT2D eigenvalue weighted by Crippen LogP contribution is 2.16. The molecule has 28 heavy (non-hydrogen) atoms. The smallest absolute Gasteiger partial charge is 0.251 e. The van der Waals surface area contributed by atoms with E-state index in [0.29, 0.717) is 18.5 Å². The number of benzene rings is 2. The Morgan fingerprint density at radius 3 is 2.25 bits per heavy atom. The van der Waals surface area contributed by atoms with Crippen molar-refractivity contribution in [3.8, 4) is 0 Å². The highest BCUT2D eigenvalue weighted by molar-refractivity contribution is 6.30. The van der Waals surface area contributed by atoms with Crippen LogP contribution in [-0.2, 0) is 11.2 Å². The SMILES string of the molecule is O=C(NCCc1ccccc1)C(C(=O)c1ccccc1)n1cc(Cl)ccc1=O. The highest BCUT2D eigenvalue weighted by atomic mass is 35.5. The summed E-state index contributed by atoms with van der Waals surface area (Å²) in [6.07, 6.45) is 1.93. The van der Waals surface area contributed by atoms with Gasteiger partial charge in [-0.25, -0.2) is 0 Å². The third-order valence-electron chi connectivity index (χ3n) is 4.29. The fourth-order valence-electron chi connectivity index (χ4n) is 2.88. The molecule has 5 nitrogen and oxygen atoms in total. The summed E-state index contributed by atoms with van der Waals surface area (Å²) in [4.78, 5) is 38.2.